The van der Waals surface area contributed by atoms with E-state index in [1.807, 2.05) is 79.1 Å². The summed E-state index contributed by atoms with van der Waals surface area (Å²) in [7, 11) is 0. The largest absolute Gasteiger partial charge is 0.464 e. The first-order valence-corrected chi connectivity index (χ1v) is 22.5. The minimum Gasteiger partial charge on any atom is -0.464 e. The van der Waals surface area contributed by atoms with E-state index < -0.39 is 0 Å². The molecule has 0 amide bonds. The van der Waals surface area contributed by atoms with Gasteiger partial charge >= 0.3 is 0 Å². The van der Waals surface area contributed by atoms with Crippen molar-refractivity contribution in [2.24, 2.45) is 11.8 Å². The molecule has 0 atom stereocenters. The van der Waals surface area contributed by atoms with Gasteiger partial charge in [-0.15, -0.1) is 10.2 Å². The second-order valence-electron chi connectivity index (χ2n) is 16.0. The number of hydrogen-bond acceptors (Lipinski definition) is 6. The van der Waals surface area contributed by atoms with Crippen LogP contribution in [0.25, 0.3) is 43.5 Å². The Bertz CT molecular complexity index is 2380. The summed E-state index contributed by atoms with van der Waals surface area (Å²) in [5.41, 5.74) is 6.36. The number of rotatable bonds is 0. The Balaban J connectivity index is 0.000000111. The van der Waals surface area contributed by atoms with Gasteiger partial charge in [-0.05, 0) is 105 Å². The van der Waals surface area contributed by atoms with Crippen LogP contribution in [-0.4, -0.2) is 30.6 Å². The molecule has 4 aromatic heterocycles. The van der Waals surface area contributed by atoms with Gasteiger partial charge in [0.15, 0.2) is 0 Å². The van der Waals surface area contributed by atoms with E-state index >= 15 is 0 Å². The molecule has 7 heteroatoms. The van der Waals surface area contributed by atoms with E-state index in [0.717, 1.165) is 28.3 Å². The number of nitrogens with zero attached hydrogens (tertiary/aromatic N) is 5. The van der Waals surface area contributed by atoms with Crippen molar-refractivity contribution < 1.29 is 4.42 Å². The minimum atomic E-state index is 0.956. The number of pyridine rings is 1. The Morgan fingerprint density at radius 2 is 0.905 bits per heavy atom. The second-order valence-corrected chi connectivity index (χ2v) is 16.0. The maximum Gasteiger partial charge on any atom is 0.133 e. The first-order valence-electron chi connectivity index (χ1n) is 22.5. The summed E-state index contributed by atoms with van der Waals surface area (Å²) < 4.78 is 5.12. The molecule has 3 aliphatic rings. The van der Waals surface area contributed by atoms with E-state index in [9.17, 15) is 0 Å². The minimum absolute atomic E-state index is 0.956. The highest BCUT2D eigenvalue weighted by atomic mass is 16.3. The second kappa shape index (κ2) is 25.1. The van der Waals surface area contributed by atoms with Gasteiger partial charge in [0.2, 0.25) is 0 Å². The number of aromatic nitrogens is 6. The highest BCUT2D eigenvalue weighted by Gasteiger charge is 2.26. The normalized spacial score (nSPS) is 15.6. The Hall–Kier alpha value is -6.99. The van der Waals surface area contributed by atoms with Gasteiger partial charge in [0.05, 0.1) is 24.2 Å². The fraction of sp³-hybridized carbons (Fsp3) is 0.232. The lowest BCUT2D eigenvalue weighted by molar-refractivity contribution is 0.171. The van der Waals surface area contributed by atoms with Crippen molar-refractivity contribution >= 4 is 43.5 Å². The molecule has 10 aromatic rings. The molecule has 1 N–H and O–H groups in total. The van der Waals surface area contributed by atoms with E-state index in [1.54, 1.807) is 43.1 Å². The van der Waals surface area contributed by atoms with E-state index in [0.29, 0.717) is 0 Å². The van der Waals surface area contributed by atoms with Crippen LogP contribution >= 0.6 is 0 Å². The van der Waals surface area contributed by atoms with Crippen molar-refractivity contribution in [2.75, 3.05) is 0 Å². The number of fused-ring (bicyclic) bond motifs is 6. The molecule has 2 saturated carbocycles. The topological polar surface area (TPSA) is 93.4 Å². The highest BCUT2D eigenvalue weighted by molar-refractivity contribution is 5.82. The standard InChI is InChI=1S/C10H18.C10H8.C9H7N.C9H10.C8H7N.C8H6O.C2H2N4/c2*1-2-6-10-8-4-3-7-9(10)5-1;1-2-6-9-8(4-1)5-3-7-10-9;1-2-5-9-7-3-6-8(9)4-1;2*1-2-4-8-7(3-1)5-6-9-8;1-2-4-6-5-3-1/h9-10H,1-8H2;1-8H;1-7H;1-2,4-5H,3,6-7H2;1-6,9H;1-6H;1-2H. The quantitative estimate of drug-likeness (QED) is 0.164. The molecule has 0 radical (unpaired) electrons. The molecule has 318 valence electrons. The zero-order chi connectivity index (χ0) is 43.0. The summed E-state index contributed by atoms with van der Waals surface area (Å²) in [6, 6.07) is 57.7. The molecule has 3 aliphatic carbocycles. The number of furan rings is 1. The summed E-state index contributed by atoms with van der Waals surface area (Å²) in [5, 5.41) is 19.3. The lowest BCUT2D eigenvalue weighted by atomic mass is 9.71. The van der Waals surface area contributed by atoms with Gasteiger partial charge in [-0.25, -0.2) is 0 Å². The summed E-state index contributed by atoms with van der Waals surface area (Å²) in [5.74, 6) is 2.31. The van der Waals surface area contributed by atoms with Crippen molar-refractivity contribution in [3.8, 4) is 0 Å². The smallest absolute Gasteiger partial charge is 0.133 e. The van der Waals surface area contributed by atoms with E-state index in [2.05, 4.69) is 134 Å². The first kappa shape index (κ1) is 44.1. The van der Waals surface area contributed by atoms with Gasteiger partial charge in [-0.2, -0.15) is 0 Å². The average Bonchev–Trinajstić information content (AvgIpc) is 4.18. The summed E-state index contributed by atoms with van der Waals surface area (Å²) in [6.07, 6.45) is 24.7. The van der Waals surface area contributed by atoms with Gasteiger partial charge in [0, 0.05) is 28.7 Å². The number of nitrogens with one attached hydrogen (secondary N) is 1. The molecule has 13 rings (SSSR count). The fourth-order valence-corrected chi connectivity index (χ4v) is 8.59. The zero-order valence-corrected chi connectivity index (χ0v) is 36.1. The van der Waals surface area contributed by atoms with Crippen LogP contribution in [0.3, 0.4) is 0 Å². The van der Waals surface area contributed by atoms with Gasteiger partial charge < -0.3 is 9.40 Å². The summed E-state index contributed by atoms with van der Waals surface area (Å²) in [4.78, 5) is 7.30. The lowest BCUT2D eigenvalue weighted by Crippen LogP contribution is -2.22. The van der Waals surface area contributed by atoms with Crippen molar-refractivity contribution in [3.05, 3.63) is 212 Å². The van der Waals surface area contributed by atoms with Crippen LogP contribution in [0, 0.1) is 11.8 Å². The van der Waals surface area contributed by atoms with Crippen molar-refractivity contribution in [2.45, 2.75) is 70.6 Å². The maximum absolute atomic E-state index is 5.12. The van der Waals surface area contributed by atoms with Crippen LogP contribution in [0.4, 0.5) is 0 Å². The van der Waals surface area contributed by atoms with E-state index in [-0.39, 0.29) is 0 Å². The van der Waals surface area contributed by atoms with E-state index in [4.69, 9.17) is 4.42 Å². The zero-order valence-electron chi connectivity index (χ0n) is 36.1. The van der Waals surface area contributed by atoms with Crippen LogP contribution in [0.5, 0.6) is 0 Å². The molecule has 7 nitrogen and oxygen atoms in total. The molecule has 2 fully saturated rings. The Kier molecular flexibility index (Phi) is 17.5. The van der Waals surface area contributed by atoms with Gasteiger partial charge in [0.1, 0.15) is 5.58 Å². The molecule has 4 heterocycles. The fourth-order valence-electron chi connectivity index (χ4n) is 8.59. The molecule has 0 spiro atoms. The lowest BCUT2D eigenvalue weighted by Gasteiger charge is -2.35. The number of aromatic amines is 1. The predicted octanol–water partition coefficient (Wildman–Crippen LogP) is 14.5. The summed E-state index contributed by atoms with van der Waals surface area (Å²) >= 11 is 0. The van der Waals surface area contributed by atoms with Crippen LogP contribution < -0.4 is 0 Å². The molecular weight excluding hydrogens is 773 g/mol. The third-order valence-corrected chi connectivity index (χ3v) is 11.8. The molecule has 6 aromatic carbocycles. The van der Waals surface area contributed by atoms with Gasteiger partial charge in [-0.1, -0.05) is 185 Å². The molecule has 0 bridgehead atoms. The SMILES string of the molecule is C1CCC2CCCCC2C1.c1ccc2[nH]ccc2c1.c1ccc2c(c1)CCC2.c1ccc2ccccc2c1.c1ccc2ncccc2c1.c1ccc2occc2c1.c1cnnnn1. The van der Waals surface area contributed by atoms with E-state index in [1.165, 1.54) is 84.4 Å². The van der Waals surface area contributed by atoms with Crippen LogP contribution in [0.2, 0.25) is 0 Å². The third kappa shape index (κ3) is 14.3. The Morgan fingerprint density at radius 1 is 0.413 bits per heavy atom. The van der Waals surface area contributed by atoms with Crippen LogP contribution in [-0.2, 0) is 12.8 Å². The van der Waals surface area contributed by atoms with Gasteiger partial charge in [0.25, 0.3) is 0 Å². The molecule has 63 heavy (non-hydrogen) atoms. The predicted molar refractivity (Wildman–Crippen MR) is 260 cm³/mol. The Labute approximate surface area is 371 Å². The van der Waals surface area contributed by atoms with Crippen molar-refractivity contribution in [1.82, 2.24) is 30.6 Å². The number of para-hydroxylation sites is 3. The van der Waals surface area contributed by atoms with Crippen LogP contribution in [0.15, 0.2) is 205 Å². The van der Waals surface area contributed by atoms with Crippen LogP contribution in [0.1, 0.15) is 68.9 Å². The van der Waals surface area contributed by atoms with Crippen molar-refractivity contribution in [1.29, 1.82) is 0 Å². The number of hydrogen-bond donors (Lipinski definition) is 1. The van der Waals surface area contributed by atoms with Crippen molar-refractivity contribution in [3.63, 3.8) is 0 Å². The summed E-state index contributed by atoms with van der Waals surface area (Å²) in [6.45, 7) is 0. The number of aryl methyl sites for hydroxylation is 2. The third-order valence-electron chi connectivity index (χ3n) is 11.8. The molecule has 0 aliphatic heterocycles. The molecule has 0 saturated heterocycles. The molecule has 0 unspecified atom stereocenters. The highest BCUT2D eigenvalue weighted by Crippen LogP contribution is 2.40. The maximum atomic E-state index is 5.12. The average molecular weight is 831 g/mol. The first-order chi connectivity index (χ1) is 31.3. The monoisotopic (exact) mass is 830 g/mol. The van der Waals surface area contributed by atoms with Gasteiger partial charge in [-0.3, -0.25) is 4.98 Å². The molecular formula is C56H58N6O. The number of benzene rings is 6. The Morgan fingerprint density at radius 3 is 1.44 bits per heavy atom. The number of H-pyrrole nitrogens is 1.